The maximum absolute atomic E-state index is 9.67. The summed E-state index contributed by atoms with van der Waals surface area (Å²) in [4.78, 5) is 0. The number of alkyl halides is 2. The monoisotopic (exact) mass is 328 g/mol. The molecule has 2 atom stereocenters. The molecule has 20 heavy (non-hydrogen) atoms. The van der Waals surface area contributed by atoms with Crippen LogP contribution in [0.5, 0.6) is 0 Å². The Morgan fingerprint density at radius 1 is 0.800 bits per heavy atom. The van der Waals surface area contributed by atoms with Crippen LogP contribution < -0.4 is 0 Å². The molecule has 0 aromatic rings. The van der Waals surface area contributed by atoms with Crippen molar-refractivity contribution in [2.75, 3.05) is 26.4 Å². The van der Waals surface area contributed by atoms with Crippen LogP contribution in [0.1, 0.15) is 52.4 Å². The van der Waals surface area contributed by atoms with E-state index in [2.05, 4.69) is 13.8 Å². The van der Waals surface area contributed by atoms with Gasteiger partial charge in [-0.05, 0) is 25.7 Å². The minimum absolute atomic E-state index is 0.174. The molecule has 0 saturated heterocycles. The van der Waals surface area contributed by atoms with Crippen molar-refractivity contribution in [1.82, 2.24) is 0 Å². The van der Waals surface area contributed by atoms with Gasteiger partial charge in [-0.15, -0.1) is 23.2 Å². The molecule has 0 radical (unpaired) electrons. The average molecular weight is 329 g/mol. The third-order valence-corrected chi connectivity index (χ3v) is 3.85. The Balaban J connectivity index is 3.34. The summed E-state index contributed by atoms with van der Waals surface area (Å²) in [6.45, 7) is 6.01. The summed E-state index contributed by atoms with van der Waals surface area (Å²) in [6, 6.07) is 0. The number of hydrogen-bond donors (Lipinski definition) is 1. The molecule has 1 N–H and O–H groups in total. The first-order valence-corrected chi connectivity index (χ1v) is 8.59. The molecule has 2 unspecified atom stereocenters. The van der Waals surface area contributed by atoms with Crippen LogP contribution in [-0.4, -0.2) is 48.4 Å². The predicted octanol–water partition coefficient (Wildman–Crippen LogP) is 3.98. The van der Waals surface area contributed by atoms with Gasteiger partial charge in [0.15, 0.2) is 0 Å². The lowest BCUT2D eigenvalue weighted by atomic mass is 10.2. The van der Waals surface area contributed by atoms with E-state index in [4.69, 9.17) is 32.7 Å². The van der Waals surface area contributed by atoms with Gasteiger partial charge in [0.25, 0.3) is 0 Å². The molecule has 0 aliphatic rings. The third-order valence-electron chi connectivity index (χ3n) is 2.98. The summed E-state index contributed by atoms with van der Waals surface area (Å²) in [5.74, 6) is 0. The van der Waals surface area contributed by atoms with Gasteiger partial charge in [-0.1, -0.05) is 26.7 Å². The van der Waals surface area contributed by atoms with Crippen LogP contribution >= 0.6 is 23.2 Å². The van der Waals surface area contributed by atoms with Gasteiger partial charge in [0, 0.05) is 24.0 Å². The zero-order chi connectivity index (χ0) is 15.2. The van der Waals surface area contributed by atoms with Crippen molar-refractivity contribution in [2.24, 2.45) is 0 Å². The third kappa shape index (κ3) is 13.4. The van der Waals surface area contributed by atoms with Crippen LogP contribution in [0.15, 0.2) is 0 Å². The Labute approximate surface area is 133 Å². The number of halogens is 2. The van der Waals surface area contributed by atoms with Gasteiger partial charge >= 0.3 is 0 Å². The van der Waals surface area contributed by atoms with E-state index in [-0.39, 0.29) is 10.8 Å². The first-order chi connectivity index (χ1) is 9.60. The van der Waals surface area contributed by atoms with E-state index in [1.54, 1.807) is 0 Å². The van der Waals surface area contributed by atoms with Crippen LogP contribution in [0.4, 0.5) is 0 Å². The molecule has 0 aliphatic heterocycles. The Bertz CT molecular complexity index is 186. The van der Waals surface area contributed by atoms with E-state index >= 15 is 0 Å². The predicted molar refractivity (Wildman–Crippen MR) is 86.0 cm³/mol. The molecule has 0 heterocycles. The normalized spacial score (nSPS) is 16.1. The van der Waals surface area contributed by atoms with Crippen molar-refractivity contribution >= 4 is 23.2 Å². The standard InChI is InChI=1S/C15H30Cl2O3/c1-3-5-13(16)7-9-19-11-15(18)12-20-10-8-14(17)6-4-2/h13-15,18H,3-12H2,1-2H3. The van der Waals surface area contributed by atoms with Crippen LogP contribution in [0.3, 0.4) is 0 Å². The van der Waals surface area contributed by atoms with Crippen LogP contribution in [0, 0.1) is 0 Å². The van der Waals surface area contributed by atoms with Crippen molar-refractivity contribution in [1.29, 1.82) is 0 Å². The van der Waals surface area contributed by atoms with Crippen molar-refractivity contribution in [3.05, 3.63) is 0 Å². The fourth-order valence-electron chi connectivity index (χ4n) is 1.82. The Morgan fingerprint density at radius 3 is 1.55 bits per heavy atom. The van der Waals surface area contributed by atoms with Crippen LogP contribution in [0.2, 0.25) is 0 Å². The molecule has 0 aromatic carbocycles. The topological polar surface area (TPSA) is 38.7 Å². The van der Waals surface area contributed by atoms with E-state index in [1.165, 1.54) is 0 Å². The Morgan fingerprint density at radius 2 is 1.20 bits per heavy atom. The maximum Gasteiger partial charge on any atom is 0.101 e. The van der Waals surface area contributed by atoms with E-state index < -0.39 is 6.10 Å². The molecule has 3 nitrogen and oxygen atoms in total. The Hall–Kier alpha value is 0.460. The fourth-order valence-corrected chi connectivity index (χ4v) is 2.44. The molecule has 0 aromatic heterocycles. The molecule has 0 amide bonds. The highest BCUT2D eigenvalue weighted by Crippen LogP contribution is 2.10. The largest absolute Gasteiger partial charge is 0.388 e. The summed E-state index contributed by atoms with van der Waals surface area (Å²) in [5.41, 5.74) is 0. The molecule has 0 spiro atoms. The highest BCUT2D eigenvalue weighted by atomic mass is 35.5. The lowest BCUT2D eigenvalue weighted by Gasteiger charge is -2.14. The van der Waals surface area contributed by atoms with Crippen molar-refractivity contribution in [3.63, 3.8) is 0 Å². The second kappa shape index (κ2) is 14.4. The second-order valence-corrected chi connectivity index (χ2v) is 6.39. The molecule has 5 heteroatoms. The van der Waals surface area contributed by atoms with Gasteiger partial charge in [-0.25, -0.2) is 0 Å². The number of ether oxygens (including phenoxy) is 2. The van der Waals surface area contributed by atoms with Gasteiger partial charge in [-0.2, -0.15) is 0 Å². The maximum atomic E-state index is 9.67. The fraction of sp³-hybridized carbons (Fsp3) is 1.00. The molecule has 0 bridgehead atoms. The summed E-state index contributed by atoms with van der Waals surface area (Å²) in [7, 11) is 0. The first-order valence-electron chi connectivity index (χ1n) is 7.71. The Kier molecular flexibility index (Phi) is 14.7. The van der Waals surface area contributed by atoms with Crippen molar-refractivity contribution in [3.8, 4) is 0 Å². The van der Waals surface area contributed by atoms with Crippen molar-refractivity contribution in [2.45, 2.75) is 69.2 Å². The molecular formula is C15H30Cl2O3. The van der Waals surface area contributed by atoms with E-state index in [1.807, 2.05) is 0 Å². The highest BCUT2D eigenvalue weighted by Gasteiger charge is 2.08. The summed E-state index contributed by atoms with van der Waals surface area (Å²) >= 11 is 12.1. The van der Waals surface area contributed by atoms with Gasteiger partial charge in [-0.3, -0.25) is 0 Å². The minimum atomic E-state index is -0.574. The summed E-state index contributed by atoms with van der Waals surface area (Å²) < 4.78 is 10.8. The molecule has 0 rings (SSSR count). The highest BCUT2D eigenvalue weighted by molar-refractivity contribution is 6.20. The smallest absolute Gasteiger partial charge is 0.101 e. The molecule has 0 fully saturated rings. The number of aliphatic hydroxyl groups is 1. The number of hydrogen-bond acceptors (Lipinski definition) is 3. The lowest BCUT2D eigenvalue weighted by molar-refractivity contribution is -0.0198. The van der Waals surface area contributed by atoms with E-state index in [9.17, 15) is 5.11 Å². The lowest BCUT2D eigenvalue weighted by Crippen LogP contribution is -2.23. The number of aliphatic hydroxyl groups excluding tert-OH is 1. The van der Waals surface area contributed by atoms with Gasteiger partial charge < -0.3 is 14.6 Å². The van der Waals surface area contributed by atoms with E-state index in [0.29, 0.717) is 26.4 Å². The van der Waals surface area contributed by atoms with Crippen LogP contribution in [0.25, 0.3) is 0 Å². The number of rotatable bonds is 14. The van der Waals surface area contributed by atoms with Crippen molar-refractivity contribution < 1.29 is 14.6 Å². The van der Waals surface area contributed by atoms with Gasteiger partial charge in [0.05, 0.1) is 13.2 Å². The molecule has 0 saturated carbocycles. The van der Waals surface area contributed by atoms with Gasteiger partial charge in [0.1, 0.15) is 6.10 Å². The zero-order valence-electron chi connectivity index (χ0n) is 12.8. The average Bonchev–Trinajstić information content (AvgIpc) is 2.40. The molecular weight excluding hydrogens is 299 g/mol. The second-order valence-electron chi connectivity index (χ2n) is 5.15. The first kappa shape index (κ1) is 20.5. The SMILES string of the molecule is CCCC(Cl)CCOCC(O)COCCC(Cl)CCC. The zero-order valence-corrected chi connectivity index (χ0v) is 14.3. The molecule has 122 valence electrons. The van der Waals surface area contributed by atoms with Crippen LogP contribution in [-0.2, 0) is 9.47 Å². The quantitative estimate of drug-likeness (QED) is 0.387. The molecule has 0 aliphatic carbocycles. The van der Waals surface area contributed by atoms with E-state index in [0.717, 1.165) is 38.5 Å². The van der Waals surface area contributed by atoms with Gasteiger partial charge in [0.2, 0.25) is 0 Å². The minimum Gasteiger partial charge on any atom is -0.388 e. The summed E-state index contributed by atoms with van der Waals surface area (Å²) in [5, 5.41) is 10.0. The summed E-state index contributed by atoms with van der Waals surface area (Å²) in [6.07, 6.45) is 5.27.